The first-order valence-corrected chi connectivity index (χ1v) is 7.64. The maximum Gasteiger partial charge on any atom is 0.222 e. The number of fused-ring (bicyclic) bond motifs is 1. The van der Waals surface area contributed by atoms with Gasteiger partial charge in [0.05, 0.1) is 12.6 Å². The number of benzene rings is 1. The van der Waals surface area contributed by atoms with Gasteiger partial charge in [0.25, 0.3) is 0 Å². The van der Waals surface area contributed by atoms with E-state index in [1.165, 1.54) is 16.5 Å². The Morgan fingerprint density at radius 3 is 3.10 bits per heavy atom. The van der Waals surface area contributed by atoms with Gasteiger partial charge in [0, 0.05) is 37.2 Å². The molecule has 4 nitrogen and oxygen atoms in total. The summed E-state index contributed by atoms with van der Waals surface area (Å²) in [6, 6.07) is 8.57. The second-order valence-electron chi connectivity index (χ2n) is 5.74. The van der Waals surface area contributed by atoms with Crippen molar-refractivity contribution in [2.45, 2.75) is 31.7 Å². The summed E-state index contributed by atoms with van der Waals surface area (Å²) < 4.78 is 5.34. The van der Waals surface area contributed by atoms with Gasteiger partial charge in [0.15, 0.2) is 0 Å². The highest BCUT2D eigenvalue weighted by atomic mass is 16.5. The van der Waals surface area contributed by atoms with E-state index in [4.69, 9.17) is 4.74 Å². The van der Waals surface area contributed by atoms with Gasteiger partial charge in [-0.05, 0) is 30.9 Å². The standard InChI is InChI=1S/C17H22N2O2/c1-19(14-9-10-21-12-14)17(20)8-4-5-13-11-18-16-7-3-2-6-15(13)16/h2-3,6-7,11,14,18H,4-5,8-10,12H2,1H3. The molecule has 0 spiro atoms. The van der Waals surface area contributed by atoms with Crippen LogP contribution in [0.1, 0.15) is 24.8 Å². The van der Waals surface area contributed by atoms with Crippen LogP contribution in [0, 0.1) is 0 Å². The number of hydrogen-bond acceptors (Lipinski definition) is 2. The van der Waals surface area contributed by atoms with Crippen molar-refractivity contribution in [3.63, 3.8) is 0 Å². The lowest BCUT2D eigenvalue weighted by Crippen LogP contribution is -2.37. The Balaban J connectivity index is 1.52. The zero-order chi connectivity index (χ0) is 14.7. The minimum Gasteiger partial charge on any atom is -0.379 e. The molecule has 1 aliphatic heterocycles. The third-order valence-corrected chi connectivity index (χ3v) is 4.36. The quantitative estimate of drug-likeness (QED) is 0.918. The van der Waals surface area contributed by atoms with Crippen molar-refractivity contribution in [3.05, 3.63) is 36.0 Å². The van der Waals surface area contributed by atoms with Crippen LogP contribution in [0.5, 0.6) is 0 Å². The molecule has 0 bridgehead atoms. The number of carbonyl (C=O) groups excluding carboxylic acids is 1. The summed E-state index contributed by atoms with van der Waals surface area (Å²) in [5.74, 6) is 0.227. The van der Waals surface area contributed by atoms with Gasteiger partial charge in [0.2, 0.25) is 5.91 Å². The van der Waals surface area contributed by atoms with Gasteiger partial charge in [-0.15, -0.1) is 0 Å². The highest BCUT2D eigenvalue weighted by Crippen LogP contribution is 2.20. The minimum absolute atomic E-state index is 0.227. The number of rotatable bonds is 5. The summed E-state index contributed by atoms with van der Waals surface area (Å²) in [5.41, 5.74) is 2.46. The van der Waals surface area contributed by atoms with Crippen molar-refractivity contribution in [3.8, 4) is 0 Å². The fourth-order valence-electron chi connectivity index (χ4n) is 2.98. The third-order valence-electron chi connectivity index (χ3n) is 4.36. The molecule has 1 amide bonds. The van der Waals surface area contributed by atoms with Crippen molar-refractivity contribution >= 4 is 16.8 Å². The predicted molar refractivity (Wildman–Crippen MR) is 83.2 cm³/mol. The highest BCUT2D eigenvalue weighted by molar-refractivity contribution is 5.83. The van der Waals surface area contributed by atoms with E-state index >= 15 is 0 Å². The van der Waals surface area contributed by atoms with Crippen LogP contribution < -0.4 is 0 Å². The average molecular weight is 286 g/mol. The van der Waals surface area contributed by atoms with Crippen LogP contribution in [0.4, 0.5) is 0 Å². The molecule has 1 aliphatic rings. The number of aromatic amines is 1. The smallest absolute Gasteiger partial charge is 0.222 e. The SMILES string of the molecule is CN(C(=O)CCCc1c[nH]c2ccccc12)C1CCOC1. The average Bonchev–Trinajstić information content (AvgIpc) is 3.16. The van der Waals surface area contributed by atoms with Gasteiger partial charge in [-0.1, -0.05) is 18.2 Å². The number of nitrogens with zero attached hydrogens (tertiary/aromatic N) is 1. The van der Waals surface area contributed by atoms with Crippen molar-refractivity contribution in [2.75, 3.05) is 20.3 Å². The molecule has 1 fully saturated rings. The molecule has 1 saturated heterocycles. The topological polar surface area (TPSA) is 45.3 Å². The fraction of sp³-hybridized carbons (Fsp3) is 0.471. The maximum absolute atomic E-state index is 12.2. The fourth-order valence-corrected chi connectivity index (χ4v) is 2.98. The summed E-state index contributed by atoms with van der Waals surface area (Å²) >= 11 is 0. The van der Waals surface area contributed by atoms with Crippen molar-refractivity contribution in [2.24, 2.45) is 0 Å². The zero-order valence-corrected chi connectivity index (χ0v) is 12.5. The number of hydrogen-bond donors (Lipinski definition) is 1. The van der Waals surface area contributed by atoms with E-state index in [0.717, 1.165) is 25.9 Å². The maximum atomic E-state index is 12.2. The van der Waals surface area contributed by atoms with Gasteiger partial charge in [-0.2, -0.15) is 0 Å². The molecule has 1 unspecified atom stereocenters. The van der Waals surface area contributed by atoms with Crippen LogP contribution in [-0.2, 0) is 16.0 Å². The molecule has 1 aromatic heterocycles. The highest BCUT2D eigenvalue weighted by Gasteiger charge is 2.23. The first kappa shape index (κ1) is 14.1. The number of H-pyrrole nitrogens is 1. The summed E-state index contributed by atoms with van der Waals surface area (Å²) in [5, 5.41) is 1.27. The molecule has 112 valence electrons. The Morgan fingerprint density at radius 2 is 2.29 bits per heavy atom. The van der Waals surface area contributed by atoms with Gasteiger partial charge < -0.3 is 14.6 Å². The van der Waals surface area contributed by atoms with E-state index in [0.29, 0.717) is 13.0 Å². The lowest BCUT2D eigenvalue weighted by atomic mass is 10.1. The molecule has 2 aromatic rings. The Morgan fingerprint density at radius 1 is 1.43 bits per heavy atom. The number of carbonyl (C=O) groups is 1. The number of amides is 1. The molecule has 2 heterocycles. The molecule has 3 rings (SSSR count). The van der Waals surface area contributed by atoms with E-state index in [1.54, 1.807) is 0 Å². The summed E-state index contributed by atoms with van der Waals surface area (Å²) in [4.78, 5) is 17.3. The number of nitrogens with one attached hydrogen (secondary N) is 1. The zero-order valence-electron chi connectivity index (χ0n) is 12.5. The van der Waals surface area contributed by atoms with Crippen LogP contribution >= 0.6 is 0 Å². The number of likely N-dealkylation sites (N-methyl/N-ethyl adjacent to an activating group) is 1. The van der Waals surface area contributed by atoms with Crippen LogP contribution in [0.25, 0.3) is 10.9 Å². The first-order valence-electron chi connectivity index (χ1n) is 7.64. The van der Waals surface area contributed by atoms with Gasteiger partial charge >= 0.3 is 0 Å². The normalized spacial score (nSPS) is 18.2. The van der Waals surface area contributed by atoms with Crippen molar-refractivity contribution in [1.82, 2.24) is 9.88 Å². The summed E-state index contributed by atoms with van der Waals surface area (Å²) in [7, 11) is 1.90. The minimum atomic E-state index is 0.227. The molecular weight excluding hydrogens is 264 g/mol. The van der Waals surface area contributed by atoms with Crippen molar-refractivity contribution in [1.29, 1.82) is 0 Å². The Kier molecular flexibility index (Phi) is 4.25. The second kappa shape index (κ2) is 6.31. The van der Waals surface area contributed by atoms with Crippen molar-refractivity contribution < 1.29 is 9.53 Å². The molecule has 0 aliphatic carbocycles. The van der Waals surface area contributed by atoms with Crippen LogP contribution in [-0.4, -0.2) is 42.1 Å². The molecule has 21 heavy (non-hydrogen) atoms. The number of aryl methyl sites for hydroxylation is 1. The van der Waals surface area contributed by atoms with E-state index < -0.39 is 0 Å². The lowest BCUT2D eigenvalue weighted by Gasteiger charge is -2.23. The molecule has 1 N–H and O–H groups in total. The van der Waals surface area contributed by atoms with Crippen LogP contribution in [0.3, 0.4) is 0 Å². The van der Waals surface area contributed by atoms with E-state index in [-0.39, 0.29) is 11.9 Å². The van der Waals surface area contributed by atoms with Crippen LogP contribution in [0.15, 0.2) is 30.5 Å². The largest absolute Gasteiger partial charge is 0.379 e. The summed E-state index contributed by atoms with van der Waals surface area (Å²) in [6.45, 7) is 1.46. The number of ether oxygens (including phenoxy) is 1. The predicted octanol–water partition coefficient (Wildman–Crippen LogP) is 2.74. The van der Waals surface area contributed by atoms with E-state index in [2.05, 4.69) is 29.4 Å². The second-order valence-corrected chi connectivity index (χ2v) is 5.74. The monoisotopic (exact) mass is 286 g/mol. The van der Waals surface area contributed by atoms with Gasteiger partial charge in [0.1, 0.15) is 0 Å². The molecule has 1 atom stereocenters. The molecule has 0 radical (unpaired) electrons. The van der Waals surface area contributed by atoms with Crippen LogP contribution in [0.2, 0.25) is 0 Å². The number of para-hydroxylation sites is 1. The Bertz CT molecular complexity index is 614. The molecule has 4 heteroatoms. The third kappa shape index (κ3) is 3.10. The number of aromatic nitrogens is 1. The Hall–Kier alpha value is -1.81. The molecular formula is C17H22N2O2. The molecule has 1 aromatic carbocycles. The van der Waals surface area contributed by atoms with Gasteiger partial charge in [-0.3, -0.25) is 4.79 Å². The van der Waals surface area contributed by atoms with E-state index in [1.807, 2.05) is 18.0 Å². The van der Waals surface area contributed by atoms with Gasteiger partial charge in [-0.25, -0.2) is 0 Å². The Labute approximate surface area is 125 Å². The first-order chi connectivity index (χ1) is 10.3. The lowest BCUT2D eigenvalue weighted by molar-refractivity contribution is -0.132. The molecule has 0 saturated carbocycles. The summed E-state index contributed by atoms with van der Waals surface area (Å²) in [6.07, 6.45) is 5.45. The van der Waals surface area contributed by atoms with E-state index in [9.17, 15) is 4.79 Å².